The second-order valence-corrected chi connectivity index (χ2v) is 7.35. The Morgan fingerprint density at radius 2 is 1.12 bits per heavy atom. The van der Waals surface area contributed by atoms with E-state index in [0.29, 0.717) is 0 Å². The van der Waals surface area contributed by atoms with Gasteiger partial charge in [-0.1, -0.05) is 109 Å². The highest BCUT2D eigenvalue weighted by atomic mass is 16.2. The van der Waals surface area contributed by atoms with E-state index in [1.165, 1.54) is 0 Å². The first-order chi connectivity index (χ1) is 16.2. The molecule has 4 aromatic rings. The number of hydrogen-bond donors (Lipinski definition) is 1. The van der Waals surface area contributed by atoms with Crippen LogP contribution in [-0.2, 0) is 4.79 Å². The fourth-order valence-electron chi connectivity index (χ4n) is 3.34. The lowest BCUT2D eigenvalue weighted by molar-refractivity contribution is -0.117. The zero-order valence-corrected chi connectivity index (χ0v) is 17.8. The number of hydrogen-bond acceptors (Lipinski definition) is 3. The van der Waals surface area contributed by atoms with Gasteiger partial charge in [-0.3, -0.25) is 4.79 Å². The molecule has 1 amide bonds. The molecule has 158 valence electrons. The highest BCUT2D eigenvalue weighted by Gasteiger charge is 2.08. The molecule has 4 nitrogen and oxygen atoms in total. The molecule has 4 aromatic carbocycles. The quantitative estimate of drug-likeness (QED) is 0.175. The number of carbonyl (C=O) groups excluding carboxylic acids is 1. The summed E-state index contributed by atoms with van der Waals surface area (Å²) in [5.74, 6) is -0.554. The highest BCUT2D eigenvalue weighted by Crippen LogP contribution is 2.20. The molecule has 0 unspecified atom stereocenters. The van der Waals surface area contributed by atoms with Gasteiger partial charge in [0.15, 0.2) is 0 Å². The summed E-state index contributed by atoms with van der Waals surface area (Å²) in [6, 6.07) is 37.6. The van der Waals surface area contributed by atoms with Crippen LogP contribution in [0.1, 0.15) is 11.1 Å². The SMILES string of the molecule is N#CC(=Cc1ccc(-c2ccccc2)cc1)C(=O)NN=Cc1ccc(-c2ccccc2)cc1. The molecule has 0 atom stereocenters. The van der Waals surface area contributed by atoms with Crippen molar-refractivity contribution in [1.82, 2.24) is 5.43 Å². The van der Waals surface area contributed by atoms with Gasteiger partial charge < -0.3 is 0 Å². The van der Waals surface area contributed by atoms with Crippen LogP contribution < -0.4 is 5.43 Å². The Morgan fingerprint density at radius 3 is 1.61 bits per heavy atom. The van der Waals surface area contributed by atoms with E-state index in [1.54, 1.807) is 12.3 Å². The maximum atomic E-state index is 12.4. The van der Waals surface area contributed by atoms with Crippen molar-refractivity contribution >= 4 is 18.2 Å². The lowest BCUT2D eigenvalue weighted by atomic mass is 10.0. The summed E-state index contributed by atoms with van der Waals surface area (Å²) in [4.78, 5) is 12.4. The van der Waals surface area contributed by atoms with E-state index in [4.69, 9.17) is 0 Å². The van der Waals surface area contributed by atoms with E-state index >= 15 is 0 Å². The Hall–Kier alpha value is -4.75. The van der Waals surface area contributed by atoms with Gasteiger partial charge in [0.25, 0.3) is 5.91 Å². The molecule has 0 aliphatic rings. The molecule has 4 heteroatoms. The van der Waals surface area contributed by atoms with Gasteiger partial charge in [0.05, 0.1) is 6.21 Å². The molecule has 4 rings (SSSR count). The first kappa shape index (κ1) is 21.5. The van der Waals surface area contributed by atoms with Crippen LogP contribution in [0.2, 0.25) is 0 Å². The van der Waals surface area contributed by atoms with Crippen LogP contribution >= 0.6 is 0 Å². The van der Waals surface area contributed by atoms with Crippen molar-refractivity contribution in [3.05, 3.63) is 126 Å². The summed E-state index contributed by atoms with van der Waals surface area (Å²) in [7, 11) is 0. The summed E-state index contributed by atoms with van der Waals surface area (Å²) in [5.41, 5.74) is 8.43. The maximum Gasteiger partial charge on any atom is 0.282 e. The zero-order valence-electron chi connectivity index (χ0n) is 17.8. The number of nitrogens with one attached hydrogen (secondary N) is 1. The molecule has 0 fully saturated rings. The third kappa shape index (κ3) is 5.69. The monoisotopic (exact) mass is 427 g/mol. The second kappa shape index (κ2) is 10.5. The minimum absolute atomic E-state index is 0.0148. The van der Waals surface area contributed by atoms with E-state index in [2.05, 4.69) is 10.5 Å². The predicted octanol–water partition coefficient (Wildman–Crippen LogP) is 6.08. The van der Waals surface area contributed by atoms with Crippen molar-refractivity contribution < 1.29 is 4.79 Å². The lowest BCUT2D eigenvalue weighted by Gasteiger charge is -2.03. The van der Waals surface area contributed by atoms with Gasteiger partial charge in [-0.2, -0.15) is 10.4 Å². The first-order valence-electron chi connectivity index (χ1n) is 10.5. The number of carbonyl (C=O) groups is 1. The molecular formula is C29H21N3O. The first-order valence-corrected chi connectivity index (χ1v) is 10.5. The van der Waals surface area contributed by atoms with Crippen LogP contribution in [0, 0.1) is 11.3 Å². The van der Waals surface area contributed by atoms with Crippen molar-refractivity contribution in [3.63, 3.8) is 0 Å². The van der Waals surface area contributed by atoms with E-state index < -0.39 is 5.91 Å². The van der Waals surface area contributed by atoms with Crippen LogP contribution in [0.25, 0.3) is 28.3 Å². The summed E-state index contributed by atoms with van der Waals surface area (Å²) in [5, 5.41) is 13.4. The topological polar surface area (TPSA) is 65.2 Å². The van der Waals surface area contributed by atoms with Gasteiger partial charge in [-0.25, -0.2) is 5.43 Å². The maximum absolute atomic E-state index is 12.4. The van der Waals surface area contributed by atoms with Gasteiger partial charge in [0.2, 0.25) is 0 Å². The number of nitriles is 1. The van der Waals surface area contributed by atoms with Crippen LogP contribution in [-0.4, -0.2) is 12.1 Å². The van der Waals surface area contributed by atoms with Crippen molar-refractivity contribution in [2.24, 2.45) is 5.10 Å². The molecule has 0 aliphatic heterocycles. The minimum atomic E-state index is -0.554. The van der Waals surface area contributed by atoms with Gasteiger partial charge in [0.1, 0.15) is 11.6 Å². The molecule has 0 saturated heterocycles. The van der Waals surface area contributed by atoms with Crippen LogP contribution in [0.4, 0.5) is 0 Å². The Labute approximate surface area is 193 Å². The Bertz CT molecular complexity index is 1320. The average molecular weight is 428 g/mol. The number of rotatable bonds is 6. The molecule has 0 bridgehead atoms. The third-order valence-corrected chi connectivity index (χ3v) is 5.09. The molecule has 1 N–H and O–H groups in total. The summed E-state index contributed by atoms with van der Waals surface area (Å²) >= 11 is 0. The van der Waals surface area contributed by atoms with Crippen molar-refractivity contribution in [3.8, 4) is 28.3 Å². The lowest BCUT2D eigenvalue weighted by Crippen LogP contribution is -2.19. The van der Waals surface area contributed by atoms with Crippen LogP contribution in [0.5, 0.6) is 0 Å². The molecule has 0 aromatic heterocycles. The smallest absolute Gasteiger partial charge is 0.267 e. The third-order valence-electron chi connectivity index (χ3n) is 5.09. The van der Waals surface area contributed by atoms with Crippen LogP contribution in [0.15, 0.2) is 120 Å². The minimum Gasteiger partial charge on any atom is -0.267 e. The number of amides is 1. The molecule has 0 spiro atoms. The number of nitrogens with zero attached hydrogens (tertiary/aromatic N) is 2. The molecule has 0 aliphatic carbocycles. The summed E-state index contributed by atoms with van der Waals surface area (Å²) in [6.07, 6.45) is 3.10. The molecule has 0 saturated carbocycles. The van der Waals surface area contributed by atoms with Gasteiger partial charge in [-0.15, -0.1) is 0 Å². The largest absolute Gasteiger partial charge is 0.282 e. The molecule has 0 radical (unpaired) electrons. The van der Waals surface area contributed by atoms with E-state index in [-0.39, 0.29) is 5.57 Å². The summed E-state index contributed by atoms with van der Waals surface area (Å²) < 4.78 is 0. The fraction of sp³-hybridized carbons (Fsp3) is 0. The van der Waals surface area contributed by atoms with E-state index in [9.17, 15) is 10.1 Å². The second-order valence-electron chi connectivity index (χ2n) is 7.35. The van der Waals surface area contributed by atoms with Gasteiger partial charge >= 0.3 is 0 Å². The molecule has 33 heavy (non-hydrogen) atoms. The fourth-order valence-corrected chi connectivity index (χ4v) is 3.34. The van der Waals surface area contributed by atoms with Crippen LogP contribution in [0.3, 0.4) is 0 Å². The highest BCUT2D eigenvalue weighted by molar-refractivity contribution is 6.02. The number of hydrazone groups is 1. The zero-order chi connectivity index (χ0) is 22.9. The Balaban J connectivity index is 1.39. The molecular weight excluding hydrogens is 406 g/mol. The molecule has 0 heterocycles. The van der Waals surface area contributed by atoms with E-state index in [0.717, 1.165) is 33.4 Å². The van der Waals surface area contributed by atoms with Crippen molar-refractivity contribution in [2.45, 2.75) is 0 Å². The van der Waals surface area contributed by atoms with Gasteiger partial charge in [0, 0.05) is 0 Å². The van der Waals surface area contributed by atoms with Gasteiger partial charge in [-0.05, 0) is 39.5 Å². The summed E-state index contributed by atoms with van der Waals surface area (Å²) in [6.45, 7) is 0. The Morgan fingerprint density at radius 1 is 0.667 bits per heavy atom. The normalized spacial score (nSPS) is 11.2. The van der Waals surface area contributed by atoms with E-state index in [1.807, 2.05) is 115 Å². The average Bonchev–Trinajstić information content (AvgIpc) is 2.89. The van der Waals surface area contributed by atoms with Crippen molar-refractivity contribution in [2.75, 3.05) is 0 Å². The van der Waals surface area contributed by atoms with Crippen molar-refractivity contribution in [1.29, 1.82) is 5.26 Å². The predicted molar refractivity (Wildman–Crippen MR) is 133 cm³/mol. The Kier molecular flexibility index (Phi) is 6.85. The number of benzene rings is 4. The standard InChI is InChI=1S/C29H21N3O/c30-20-28(19-22-11-15-26(16-12-22)24-7-3-1-4-8-24)29(33)32-31-21-23-13-17-27(18-14-23)25-9-5-2-6-10-25/h1-19,21H,(H,32,33).